The van der Waals surface area contributed by atoms with Crippen LogP contribution in [0.4, 0.5) is 0 Å². The summed E-state index contributed by atoms with van der Waals surface area (Å²) >= 11 is 0. The van der Waals surface area contributed by atoms with Crippen molar-refractivity contribution in [3.63, 3.8) is 0 Å². The summed E-state index contributed by atoms with van der Waals surface area (Å²) < 4.78 is 0. The third kappa shape index (κ3) is 2.51. The average molecular weight is 238 g/mol. The zero-order chi connectivity index (χ0) is 13.1. The van der Waals surface area contributed by atoms with Crippen LogP contribution in [0.1, 0.15) is 23.7 Å². The Morgan fingerprint density at radius 2 is 2.12 bits per heavy atom. The van der Waals surface area contributed by atoms with Crippen LogP contribution in [0.2, 0.25) is 0 Å². The van der Waals surface area contributed by atoms with Crippen molar-refractivity contribution in [1.82, 2.24) is 10.3 Å². The number of ketones is 1. The number of primary amides is 1. The van der Waals surface area contributed by atoms with E-state index in [-0.39, 0.29) is 12.0 Å². The zero-order valence-corrected chi connectivity index (χ0v) is 9.32. The summed E-state index contributed by atoms with van der Waals surface area (Å²) in [6, 6.07) is 1.44. The van der Waals surface area contributed by atoms with Gasteiger partial charge in [0.2, 0.25) is 17.4 Å². The van der Waals surface area contributed by atoms with Crippen molar-refractivity contribution in [2.75, 3.05) is 0 Å². The standard InChI is InChI=1S/C10H14N4O3/c1-2-7(15)14-10(12,9(11)17)8(16)6-3-4-13-5-6/h3-5,13H,2,12H2,1H3,(H2,11,17)(H,14,15). The first-order chi connectivity index (χ1) is 7.91. The van der Waals surface area contributed by atoms with Crippen LogP contribution in [0.3, 0.4) is 0 Å². The fraction of sp³-hybridized carbons (Fsp3) is 0.300. The predicted molar refractivity (Wildman–Crippen MR) is 59.7 cm³/mol. The Hall–Kier alpha value is -2.15. The summed E-state index contributed by atoms with van der Waals surface area (Å²) in [5.74, 6) is -2.39. The molecule has 1 heterocycles. The molecule has 7 heteroatoms. The number of nitrogens with two attached hydrogens (primary N) is 2. The number of carbonyl (C=O) groups excluding carboxylic acids is 3. The molecule has 0 saturated carbocycles. The molecule has 1 atom stereocenters. The van der Waals surface area contributed by atoms with Gasteiger partial charge in [0.25, 0.3) is 5.91 Å². The minimum absolute atomic E-state index is 0.0899. The minimum Gasteiger partial charge on any atom is -0.367 e. The Morgan fingerprint density at radius 1 is 1.47 bits per heavy atom. The van der Waals surface area contributed by atoms with Gasteiger partial charge in [0.1, 0.15) is 0 Å². The van der Waals surface area contributed by atoms with Gasteiger partial charge < -0.3 is 16.0 Å². The van der Waals surface area contributed by atoms with Gasteiger partial charge in [-0.1, -0.05) is 6.92 Å². The first-order valence-electron chi connectivity index (χ1n) is 4.99. The number of nitrogens with one attached hydrogen (secondary N) is 2. The lowest BCUT2D eigenvalue weighted by Gasteiger charge is -2.24. The van der Waals surface area contributed by atoms with E-state index >= 15 is 0 Å². The number of amides is 2. The third-order valence-electron chi connectivity index (χ3n) is 2.26. The monoisotopic (exact) mass is 238 g/mol. The van der Waals surface area contributed by atoms with E-state index < -0.39 is 23.3 Å². The summed E-state index contributed by atoms with van der Waals surface area (Å²) in [4.78, 5) is 37.1. The van der Waals surface area contributed by atoms with Crippen LogP contribution in [0.5, 0.6) is 0 Å². The van der Waals surface area contributed by atoms with Gasteiger partial charge in [-0.2, -0.15) is 0 Å². The molecule has 1 rings (SSSR count). The lowest BCUT2D eigenvalue weighted by Crippen LogP contribution is -2.68. The molecule has 1 aromatic heterocycles. The molecule has 0 aliphatic heterocycles. The van der Waals surface area contributed by atoms with Crippen molar-refractivity contribution in [3.8, 4) is 0 Å². The molecule has 1 unspecified atom stereocenters. The molecular formula is C10H14N4O3. The van der Waals surface area contributed by atoms with E-state index in [4.69, 9.17) is 11.5 Å². The predicted octanol–water partition coefficient (Wildman–Crippen LogP) is -1.14. The maximum absolute atomic E-state index is 12.0. The van der Waals surface area contributed by atoms with Crippen LogP contribution in [0.25, 0.3) is 0 Å². The Kier molecular flexibility index (Phi) is 3.64. The Labute approximate surface area is 97.5 Å². The van der Waals surface area contributed by atoms with Crippen molar-refractivity contribution in [3.05, 3.63) is 24.0 Å². The summed E-state index contributed by atoms with van der Waals surface area (Å²) in [5.41, 5.74) is 8.61. The molecule has 0 bridgehead atoms. The zero-order valence-electron chi connectivity index (χ0n) is 9.32. The number of aromatic nitrogens is 1. The highest BCUT2D eigenvalue weighted by atomic mass is 16.2. The van der Waals surface area contributed by atoms with Crippen LogP contribution >= 0.6 is 0 Å². The van der Waals surface area contributed by atoms with Crippen LogP contribution < -0.4 is 16.8 Å². The number of hydrogen-bond donors (Lipinski definition) is 4. The number of carbonyl (C=O) groups is 3. The number of hydrogen-bond acceptors (Lipinski definition) is 4. The molecular weight excluding hydrogens is 224 g/mol. The number of Topliss-reactive ketones (excluding diaryl/α,β-unsaturated/α-hetero) is 1. The Bertz CT molecular complexity index is 440. The van der Waals surface area contributed by atoms with E-state index in [0.717, 1.165) is 0 Å². The molecule has 92 valence electrons. The summed E-state index contributed by atoms with van der Waals surface area (Å²) in [5, 5.41) is 2.13. The highest BCUT2D eigenvalue weighted by molar-refractivity contribution is 6.18. The second-order valence-corrected chi connectivity index (χ2v) is 3.50. The Balaban J connectivity index is 3.04. The van der Waals surface area contributed by atoms with E-state index in [1.165, 1.54) is 18.5 Å². The lowest BCUT2D eigenvalue weighted by molar-refractivity contribution is -0.129. The Morgan fingerprint density at radius 3 is 2.53 bits per heavy atom. The van der Waals surface area contributed by atoms with Crippen molar-refractivity contribution in [2.24, 2.45) is 11.5 Å². The fourth-order valence-corrected chi connectivity index (χ4v) is 1.23. The number of H-pyrrole nitrogens is 1. The fourth-order valence-electron chi connectivity index (χ4n) is 1.23. The largest absolute Gasteiger partial charge is 0.367 e. The second kappa shape index (κ2) is 4.79. The van der Waals surface area contributed by atoms with E-state index in [0.29, 0.717) is 0 Å². The molecule has 17 heavy (non-hydrogen) atoms. The molecule has 0 aliphatic carbocycles. The van der Waals surface area contributed by atoms with Crippen molar-refractivity contribution in [2.45, 2.75) is 19.0 Å². The minimum atomic E-state index is -2.21. The van der Waals surface area contributed by atoms with Crippen molar-refractivity contribution < 1.29 is 14.4 Å². The van der Waals surface area contributed by atoms with Gasteiger partial charge in [0.05, 0.1) is 0 Å². The van der Waals surface area contributed by atoms with E-state index in [2.05, 4.69) is 10.3 Å². The summed E-state index contributed by atoms with van der Waals surface area (Å²) in [7, 11) is 0. The molecule has 7 nitrogen and oxygen atoms in total. The van der Waals surface area contributed by atoms with Gasteiger partial charge in [-0.3, -0.25) is 20.1 Å². The number of aromatic amines is 1. The summed E-state index contributed by atoms with van der Waals surface area (Å²) in [6.07, 6.45) is 2.95. The highest BCUT2D eigenvalue weighted by Crippen LogP contribution is 2.08. The van der Waals surface area contributed by atoms with Gasteiger partial charge >= 0.3 is 0 Å². The van der Waals surface area contributed by atoms with E-state index in [9.17, 15) is 14.4 Å². The van der Waals surface area contributed by atoms with Crippen molar-refractivity contribution in [1.29, 1.82) is 0 Å². The highest BCUT2D eigenvalue weighted by Gasteiger charge is 2.42. The SMILES string of the molecule is CCC(=O)NC(N)(C(N)=O)C(=O)c1cc[nH]c1. The van der Waals surface area contributed by atoms with E-state index in [1.54, 1.807) is 6.92 Å². The van der Waals surface area contributed by atoms with Crippen LogP contribution in [0.15, 0.2) is 18.5 Å². The lowest BCUT2D eigenvalue weighted by atomic mass is 9.99. The first-order valence-corrected chi connectivity index (χ1v) is 4.99. The molecule has 0 aromatic carbocycles. The van der Waals surface area contributed by atoms with Crippen LogP contribution in [-0.2, 0) is 9.59 Å². The molecule has 0 aliphatic rings. The van der Waals surface area contributed by atoms with Gasteiger partial charge in [-0.05, 0) is 6.07 Å². The average Bonchev–Trinajstić information content (AvgIpc) is 2.80. The normalized spacial score (nSPS) is 13.8. The quantitative estimate of drug-likeness (QED) is 0.293. The van der Waals surface area contributed by atoms with E-state index in [1.807, 2.05) is 0 Å². The summed E-state index contributed by atoms with van der Waals surface area (Å²) in [6.45, 7) is 1.57. The maximum atomic E-state index is 12.0. The molecule has 0 fully saturated rings. The van der Waals surface area contributed by atoms with Gasteiger partial charge in [0, 0.05) is 24.4 Å². The van der Waals surface area contributed by atoms with Crippen LogP contribution in [-0.4, -0.2) is 28.2 Å². The van der Waals surface area contributed by atoms with Crippen molar-refractivity contribution >= 4 is 17.6 Å². The molecule has 1 aromatic rings. The molecule has 0 saturated heterocycles. The van der Waals surface area contributed by atoms with Gasteiger partial charge in [0.15, 0.2) is 0 Å². The number of rotatable bonds is 5. The topological polar surface area (TPSA) is 131 Å². The maximum Gasteiger partial charge on any atom is 0.266 e. The smallest absolute Gasteiger partial charge is 0.266 e. The van der Waals surface area contributed by atoms with Crippen LogP contribution in [0, 0.1) is 0 Å². The third-order valence-corrected chi connectivity index (χ3v) is 2.26. The second-order valence-electron chi connectivity index (χ2n) is 3.50. The molecule has 0 spiro atoms. The van der Waals surface area contributed by atoms with Gasteiger partial charge in [-0.15, -0.1) is 0 Å². The molecule has 2 amide bonds. The first kappa shape index (κ1) is 12.9. The molecule has 6 N–H and O–H groups in total. The molecule has 0 radical (unpaired) electrons. The van der Waals surface area contributed by atoms with Gasteiger partial charge in [-0.25, -0.2) is 0 Å².